The van der Waals surface area contributed by atoms with Crippen LogP contribution in [0.4, 0.5) is 0 Å². The molecule has 2 N–H and O–H groups in total. The molecule has 34 heavy (non-hydrogen) atoms. The molecule has 0 spiro atoms. The first-order valence-corrected chi connectivity index (χ1v) is 13.5. The molecular weight excluding hydrogens is 422 g/mol. The van der Waals surface area contributed by atoms with Gasteiger partial charge in [-0.25, -0.2) is 4.85 Å². The Morgan fingerprint density at radius 2 is 1.74 bits per heavy atom. The predicted octanol–water partition coefficient (Wildman–Crippen LogP) is 6.87. The van der Waals surface area contributed by atoms with Crippen molar-refractivity contribution in [3.8, 4) is 0 Å². The van der Waals surface area contributed by atoms with Gasteiger partial charge in [-0.15, -0.1) is 0 Å². The molecule has 0 aromatic carbocycles. The molecule has 0 heterocycles. The second-order valence-corrected chi connectivity index (χ2v) is 14.2. The standard InChI is InChI=1S/C30H43NO3/c1-18-19-8-9-28(5)23(27(19,4)16-21(31-7)25(18)34)14-22(33)24-20-15-26(2,3)10-12-30(20,17-32)13-11-29(24,28)6/h14,18-20,24,32,34H,8-13,15-17H2,1-6H3/t18-,19-,20-,24-,27-,28+,29+,30+/m0/s1. The highest BCUT2D eigenvalue weighted by molar-refractivity contribution is 5.95. The smallest absolute Gasteiger partial charge is 0.203 e. The molecule has 4 nitrogen and oxygen atoms in total. The molecule has 5 aliphatic rings. The van der Waals surface area contributed by atoms with Gasteiger partial charge in [0.2, 0.25) is 5.70 Å². The van der Waals surface area contributed by atoms with Gasteiger partial charge in [-0.1, -0.05) is 47.1 Å². The van der Waals surface area contributed by atoms with Crippen molar-refractivity contribution < 1.29 is 15.0 Å². The fourth-order valence-electron chi connectivity index (χ4n) is 9.88. The molecule has 0 unspecified atom stereocenters. The number of carbonyl (C=O) groups is 1. The summed E-state index contributed by atoms with van der Waals surface area (Å²) in [5.41, 5.74) is 1.26. The lowest BCUT2D eigenvalue weighted by atomic mass is 9.35. The van der Waals surface area contributed by atoms with E-state index in [0.29, 0.717) is 12.1 Å². The van der Waals surface area contributed by atoms with Gasteiger partial charge in [0.1, 0.15) is 0 Å². The van der Waals surface area contributed by atoms with E-state index in [1.54, 1.807) is 0 Å². The highest BCUT2D eigenvalue weighted by Gasteiger charge is 2.68. The normalized spacial score (nSPS) is 49.7. The van der Waals surface area contributed by atoms with Crippen molar-refractivity contribution in [1.82, 2.24) is 0 Å². The average Bonchev–Trinajstić information content (AvgIpc) is 2.77. The van der Waals surface area contributed by atoms with E-state index in [2.05, 4.69) is 46.4 Å². The van der Waals surface area contributed by atoms with Crippen molar-refractivity contribution in [2.45, 2.75) is 92.9 Å². The van der Waals surface area contributed by atoms with Gasteiger partial charge < -0.3 is 10.2 Å². The van der Waals surface area contributed by atoms with E-state index in [1.807, 2.05) is 6.08 Å². The van der Waals surface area contributed by atoms with E-state index in [4.69, 9.17) is 6.57 Å². The van der Waals surface area contributed by atoms with Gasteiger partial charge >= 0.3 is 0 Å². The van der Waals surface area contributed by atoms with E-state index >= 15 is 0 Å². The number of hydrogen-bond donors (Lipinski definition) is 2. The van der Waals surface area contributed by atoms with Crippen LogP contribution in [0, 0.1) is 57.3 Å². The van der Waals surface area contributed by atoms with E-state index in [-0.39, 0.29) is 68.9 Å². The van der Waals surface area contributed by atoms with E-state index in [1.165, 1.54) is 5.57 Å². The number of carbonyl (C=O) groups excluding carboxylic acids is 1. The second kappa shape index (κ2) is 7.22. The Hall–Kier alpha value is -1.60. The summed E-state index contributed by atoms with van der Waals surface area (Å²) in [4.78, 5) is 17.9. The number of rotatable bonds is 1. The molecule has 3 fully saturated rings. The van der Waals surface area contributed by atoms with Gasteiger partial charge in [0.25, 0.3) is 0 Å². The maximum Gasteiger partial charge on any atom is 0.203 e. The van der Waals surface area contributed by atoms with Crippen LogP contribution in [0.1, 0.15) is 92.9 Å². The monoisotopic (exact) mass is 465 g/mol. The fourth-order valence-corrected chi connectivity index (χ4v) is 9.88. The van der Waals surface area contributed by atoms with Crippen LogP contribution in [0.2, 0.25) is 0 Å². The summed E-state index contributed by atoms with van der Waals surface area (Å²) in [6.45, 7) is 21.6. The average molecular weight is 466 g/mol. The zero-order valence-electron chi connectivity index (χ0n) is 22.0. The Kier molecular flexibility index (Phi) is 5.12. The summed E-state index contributed by atoms with van der Waals surface area (Å²) < 4.78 is 0. The van der Waals surface area contributed by atoms with Crippen molar-refractivity contribution in [2.75, 3.05) is 6.61 Å². The van der Waals surface area contributed by atoms with Gasteiger partial charge in [-0.2, -0.15) is 0 Å². The van der Waals surface area contributed by atoms with Crippen LogP contribution in [0.3, 0.4) is 0 Å². The van der Waals surface area contributed by atoms with Crippen molar-refractivity contribution >= 4 is 5.78 Å². The van der Waals surface area contributed by atoms with Crippen LogP contribution < -0.4 is 0 Å². The van der Waals surface area contributed by atoms with Crippen molar-refractivity contribution in [3.05, 3.63) is 34.5 Å². The molecule has 0 radical (unpaired) electrons. The number of nitrogens with zero attached hydrogens (tertiary/aromatic N) is 1. The lowest BCUT2D eigenvalue weighted by Gasteiger charge is -2.69. The van der Waals surface area contributed by atoms with Crippen molar-refractivity contribution in [3.63, 3.8) is 0 Å². The van der Waals surface area contributed by atoms with Crippen molar-refractivity contribution in [2.24, 2.45) is 50.7 Å². The number of allylic oxidation sites excluding steroid dienone is 4. The molecule has 0 bridgehead atoms. The maximum absolute atomic E-state index is 14.2. The molecule has 0 aliphatic heterocycles. The highest BCUT2D eigenvalue weighted by atomic mass is 16.3. The summed E-state index contributed by atoms with van der Waals surface area (Å²) in [5.74, 6) is 0.893. The Morgan fingerprint density at radius 3 is 2.38 bits per heavy atom. The van der Waals surface area contributed by atoms with Gasteiger partial charge in [0.15, 0.2) is 5.78 Å². The van der Waals surface area contributed by atoms with Crippen molar-refractivity contribution in [1.29, 1.82) is 0 Å². The number of fused-ring (bicyclic) bond motifs is 7. The first-order chi connectivity index (χ1) is 15.8. The lowest BCUT2D eigenvalue weighted by molar-refractivity contribution is -0.177. The number of aliphatic hydroxyl groups excluding tert-OH is 2. The zero-order chi connectivity index (χ0) is 24.9. The minimum absolute atomic E-state index is 0.0489. The highest BCUT2D eigenvalue weighted by Crippen LogP contribution is 2.74. The Bertz CT molecular complexity index is 1030. The Morgan fingerprint density at radius 1 is 1.06 bits per heavy atom. The van der Waals surface area contributed by atoms with Gasteiger partial charge in [-0.3, -0.25) is 4.79 Å². The molecule has 4 heteroatoms. The molecule has 3 saturated carbocycles. The lowest BCUT2D eigenvalue weighted by Crippen LogP contribution is -2.64. The first-order valence-electron chi connectivity index (χ1n) is 13.5. The third kappa shape index (κ3) is 2.83. The largest absolute Gasteiger partial charge is 0.523 e. The third-order valence-electron chi connectivity index (χ3n) is 12.2. The Labute approximate surface area is 205 Å². The van der Waals surface area contributed by atoms with Gasteiger partial charge in [0, 0.05) is 18.4 Å². The fraction of sp³-hybridized carbons (Fsp3) is 0.800. The summed E-state index contributed by atoms with van der Waals surface area (Å²) in [5, 5.41) is 21.4. The molecule has 8 atom stereocenters. The quantitative estimate of drug-likeness (QED) is 0.415. The first kappa shape index (κ1) is 24.1. The van der Waals surface area contributed by atoms with E-state index in [9.17, 15) is 15.0 Å². The summed E-state index contributed by atoms with van der Waals surface area (Å²) in [6, 6.07) is 0. The van der Waals surface area contributed by atoms with E-state index in [0.717, 1.165) is 44.9 Å². The topological polar surface area (TPSA) is 61.9 Å². The van der Waals surface area contributed by atoms with Crippen LogP contribution in [-0.4, -0.2) is 22.6 Å². The van der Waals surface area contributed by atoms with Crippen LogP contribution >= 0.6 is 0 Å². The molecule has 186 valence electrons. The number of ketones is 1. The third-order valence-corrected chi connectivity index (χ3v) is 12.2. The molecule has 5 rings (SSSR count). The summed E-state index contributed by atoms with van der Waals surface area (Å²) >= 11 is 0. The Balaban J connectivity index is 1.65. The molecule has 0 aromatic heterocycles. The van der Waals surface area contributed by atoms with Gasteiger partial charge in [-0.05, 0) is 96.4 Å². The van der Waals surface area contributed by atoms with E-state index < -0.39 is 0 Å². The van der Waals surface area contributed by atoms with Crippen LogP contribution in [0.25, 0.3) is 4.85 Å². The maximum atomic E-state index is 14.2. The molecule has 0 saturated heterocycles. The molecule has 0 aromatic rings. The molecule has 5 aliphatic carbocycles. The number of hydrogen-bond acceptors (Lipinski definition) is 3. The SMILES string of the molecule is [C-]#[N+]C1=C(O)[C@@H](C)[C@@H]2CC[C@]3(C)C(=CC(=O)[C@@H]4[C@@H]5CC(C)(C)CC[C@]5(CO)CC[C@]43C)[C@@]2(C)C1. The van der Waals surface area contributed by atoms with Crippen LogP contribution in [0.5, 0.6) is 0 Å². The predicted molar refractivity (Wildman–Crippen MR) is 134 cm³/mol. The minimum Gasteiger partial charge on any atom is -0.523 e. The zero-order valence-corrected chi connectivity index (χ0v) is 22.0. The van der Waals surface area contributed by atoms with Gasteiger partial charge in [0.05, 0.1) is 12.3 Å². The molecular formula is C30H43NO3. The van der Waals surface area contributed by atoms with Crippen LogP contribution in [0.15, 0.2) is 23.1 Å². The summed E-state index contributed by atoms with van der Waals surface area (Å²) in [7, 11) is 0. The second-order valence-electron chi connectivity index (χ2n) is 14.2. The number of aliphatic hydroxyl groups is 2. The summed E-state index contributed by atoms with van der Waals surface area (Å²) in [6.07, 6.45) is 9.68. The minimum atomic E-state index is -0.278. The van der Waals surface area contributed by atoms with Crippen LogP contribution in [-0.2, 0) is 4.79 Å². The molecule has 0 amide bonds.